The van der Waals surface area contributed by atoms with Crippen LogP contribution in [0.4, 0.5) is 4.39 Å². The maximum Gasteiger partial charge on any atom is 0.512 e. The van der Waals surface area contributed by atoms with Crippen molar-refractivity contribution in [1.82, 2.24) is 4.98 Å². The number of benzene rings is 1. The standard InChI is InChI=1S/C15H19BFNO3S/c1-14(2,19)15(3,4)21-16(20)13-12(22-9-18-13)10-5-7-11(17)8-6-10/h5-9,19-20H,1-4H3. The summed E-state index contributed by atoms with van der Waals surface area (Å²) < 4.78 is 18.6. The molecule has 118 valence electrons. The van der Waals surface area contributed by atoms with Crippen molar-refractivity contribution >= 4 is 24.0 Å². The van der Waals surface area contributed by atoms with Crippen LogP contribution in [0.1, 0.15) is 27.7 Å². The number of nitrogens with zero attached hydrogens (tertiary/aromatic N) is 1. The molecular formula is C15H19BFNO3S. The van der Waals surface area contributed by atoms with Crippen LogP contribution in [0.15, 0.2) is 29.8 Å². The SMILES string of the molecule is CC(C)(O)C(C)(C)OB(O)c1ncsc1-c1ccc(F)cc1. The zero-order chi connectivity index (χ0) is 16.5. The Hall–Kier alpha value is -1.28. The van der Waals surface area contributed by atoms with E-state index in [1.165, 1.54) is 23.5 Å². The smallest absolute Gasteiger partial charge is 0.422 e. The lowest BCUT2D eigenvalue weighted by Gasteiger charge is -2.38. The van der Waals surface area contributed by atoms with Crippen molar-refractivity contribution in [2.45, 2.75) is 38.9 Å². The quantitative estimate of drug-likeness (QED) is 0.828. The molecule has 1 aromatic carbocycles. The molecule has 0 aliphatic carbocycles. The van der Waals surface area contributed by atoms with Gasteiger partial charge in [-0.25, -0.2) is 4.39 Å². The third-order valence-corrected chi connectivity index (χ3v) is 4.71. The Labute approximate surface area is 133 Å². The summed E-state index contributed by atoms with van der Waals surface area (Å²) in [6, 6.07) is 5.96. The third kappa shape index (κ3) is 3.55. The van der Waals surface area contributed by atoms with Gasteiger partial charge in [0.05, 0.1) is 27.2 Å². The first kappa shape index (κ1) is 17.1. The van der Waals surface area contributed by atoms with Crippen molar-refractivity contribution in [3.63, 3.8) is 0 Å². The molecule has 0 aliphatic rings. The van der Waals surface area contributed by atoms with E-state index in [9.17, 15) is 14.5 Å². The van der Waals surface area contributed by atoms with Gasteiger partial charge in [0, 0.05) is 0 Å². The maximum atomic E-state index is 13.0. The summed E-state index contributed by atoms with van der Waals surface area (Å²) in [5.74, 6) is -0.324. The average Bonchev–Trinajstić information content (AvgIpc) is 2.87. The van der Waals surface area contributed by atoms with Gasteiger partial charge in [0.1, 0.15) is 5.82 Å². The molecule has 22 heavy (non-hydrogen) atoms. The van der Waals surface area contributed by atoms with Gasteiger partial charge in [-0.05, 0) is 45.4 Å². The first-order chi connectivity index (χ1) is 10.1. The van der Waals surface area contributed by atoms with Crippen molar-refractivity contribution in [3.8, 4) is 10.4 Å². The Balaban J connectivity index is 2.27. The monoisotopic (exact) mass is 323 g/mol. The zero-order valence-electron chi connectivity index (χ0n) is 13.0. The Morgan fingerprint density at radius 3 is 2.32 bits per heavy atom. The van der Waals surface area contributed by atoms with Crippen LogP contribution >= 0.6 is 11.3 Å². The molecule has 2 N–H and O–H groups in total. The molecule has 0 fully saturated rings. The predicted molar refractivity (Wildman–Crippen MR) is 86.6 cm³/mol. The van der Waals surface area contributed by atoms with Crippen LogP contribution in [-0.2, 0) is 4.65 Å². The van der Waals surface area contributed by atoms with Crippen LogP contribution in [0.2, 0.25) is 0 Å². The Morgan fingerprint density at radius 2 is 1.77 bits per heavy atom. The first-order valence-corrected chi connectivity index (χ1v) is 7.77. The molecule has 0 amide bonds. The summed E-state index contributed by atoms with van der Waals surface area (Å²) in [6.45, 7) is 6.61. The minimum Gasteiger partial charge on any atom is -0.422 e. The van der Waals surface area contributed by atoms with E-state index in [4.69, 9.17) is 4.65 Å². The summed E-state index contributed by atoms with van der Waals surface area (Å²) in [5.41, 5.74) is 0.588. The van der Waals surface area contributed by atoms with Gasteiger partial charge in [0.25, 0.3) is 0 Å². The van der Waals surface area contributed by atoms with Gasteiger partial charge >= 0.3 is 7.12 Å². The van der Waals surface area contributed by atoms with Crippen LogP contribution in [0.5, 0.6) is 0 Å². The normalized spacial score (nSPS) is 12.5. The molecule has 1 aromatic heterocycles. The van der Waals surface area contributed by atoms with Gasteiger partial charge in [0.2, 0.25) is 0 Å². The molecule has 0 radical (unpaired) electrons. The number of hydrogen-bond acceptors (Lipinski definition) is 5. The first-order valence-electron chi connectivity index (χ1n) is 6.89. The van der Waals surface area contributed by atoms with E-state index < -0.39 is 18.3 Å². The van der Waals surface area contributed by atoms with E-state index in [2.05, 4.69) is 4.98 Å². The number of aromatic nitrogens is 1. The lowest BCUT2D eigenvalue weighted by atomic mass is 9.79. The number of halogens is 1. The molecule has 0 spiro atoms. The molecule has 2 rings (SSSR count). The second-order valence-electron chi connectivity index (χ2n) is 6.11. The number of thiazole rings is 1. The highest BCUT2D eigenvalue weighted by atomic mass is 32.1. The van der Waals surface area contributed by atoms with Gasteiger partial charge in [-0.3, -0.25) is 4.98 Å². The largest absolute Gasteiger partial charge is 0.512 e. The van der Waals surface area contributed by atoms with E-state index >= 15 is 0 Å². The topological polar surface area (TPSA) is 62.6 Å². The molecule has 0 aliphatic heterocycles. The average molecular weight is 323 g/mol. The zero-order valence-corrected chi connectivity index (χ0v) is 13.8. The fourth-order valence-corrected chi connectivity index (χ4v) is 2.55. The van der Waals surface area contributed by atoms with E-state index in [1.807, 2.05) is 0 Å². The van der Waals surface area contributed by atoms with Crippen molar-refractivity contribution in [3.05, 3.63) is 35.6 Å². The van der Waals surface area contributed by atoms with Crippen LogP contribution < -0.4 is 5.59 Å². The fraction of sp³-hybridized carbons (Fsp3) is 0.400. The van der Waals surface area contributed by atoms with Crippen LogP contribution in [0.25, 0.3) is 10.4 Å². The van der Waals surface area contributed by atoms with Crippen molar-refractivity contribution in [2.24, 2.45) is 0 Å². The lowest BCUT2D eigenvalue weighted by molar-refractivity contribution is -0.0983. The highest BCUT2D eigenvalue weighted by Gasteiger charge is 2.40. The summed E-state index contributed by atoms with van der Waals surface area (Å²) in [7, 11) is -1.28. The molecule has 4 nitrogen and oxygen atoms in total. The van der Waals surface area contributed by atoms with Crippen molar-refractivity contribution in [1.29, 1.82) is 0 Å². The third-order valence-electron chi connectivity index (χ3n) is 3.81. The van der Waals surface area contributed by atoms with E-state index in [0.29, 0.717) is 10.5 Å². The lowest BCUT2D eigenvalue weighted by Crippen LogP contribution is -2.53. The molecule has 0 atom stereocenters. The van der Waals surface area contributed by atoms with Gasteiger partial charge in [-0.2, -0.15) is 0 Å². The molecule has 0 bridgehead atoms. The molecule has 7 heteroatoms. The Kier molecular flexibility index (Phi) is 4.72. The molecule has 0 saturated carbocycles. The summed E-state index contributed by atoms with van der Waals surface area (Å²) in [4.78, 5) is 4.86. The molecule has 0 unspecified atom stereocenters. The summed E-state index contributed by atoms with van der Waals surface area (Å²) in [5, 5.41) is 20.5. The molecule has 0 saturated heterocycles. The molecule has 1 heterocycles. The highest BCUT2D eigenvalue weighted by Crippen LogP contribution is 2.27. The van der Waals surface area contributed by atoms with Crippen LogP contribution in [-0.4, -0.2) is 33.4 Å². The predicted octanol–water partition coefficient (Wildman–Crippen LogP) is 2.20. The van der Waals surface area contributed by atoms with Gasteiger partial charge in [0.15, 0.2) is 0 Å². The fourth-order valence-electron chi connectivity index (χ4n) is 1.73. The number of rotatable bonds is 5. The Morgan fingerprint density at radius 1 is 1.18 bits per heavy atom. The highest BCUT2D eigenvalue weighted by molar-refractivity contribution is 7.14. The van der Waals surface area contributed by atoms with Gasteiger partial charge < -0.3 is 14.8 Å². The maximum absolute atomic E-state index is 13.0. The van der Waals surface area contributed by atoms with E-state index in [0.717, 1.165) is 5.56 Å². The van der Waals surface area contributed by atoms with Crippen molar-refractivity contribution in [2.75, 3.05) is 0 Å². The second kappa shape index (κ2) is 6.08. The number of hydrogen-bond donors (Lipinski definition) is 2. The van der Waals surface area contributed by atoms with Crippen LogP contribution in [0, 0.1) is 5.82 Å². The minimum atomic E-state index is -1.28. The van der Waals surface area contributed by atoms with Gasteiger partial charge in [-0.15, -0.1) is 11.3 Å². The summed E-state index contributed by atoms with van der Waals surface area (Å²) in [6.07, 6.45) is 0. The summed E-state index contributed by atoms with van der Waals surface area (Å²) >= 11 is 1.33. The Bertz CT molecular complexity index is 637. The van der Waals surface area contributed by atoms with Crippen LogP contribution in [0.3, 0.4) is 0 Å². The van der Waals surface area contributed by atoms with E-state index in [-0.39, 0.29) is 5.82 Å². The molecular weight excluding hydrogens is 304 g/mol. The van der Waals surface area contributed by atoms with E-state index in [1.54, 1.807) is 45.3 Å². The van der Waals surface area contributed by atoms with Gasteiger partial charge in [-0.1, -0.05) is 12.1 Å². The van der Waals surface area contributed by atoms with Crippen molar-refractivity contribution < 1.29 is 19.2 Å². The molecule has 2 aromatic rings. The second-order valence-corrected chi connectivity index (χ2v) is 6.97. The minimum absolute atomic E-state index is 0.324. The number of aliphatic hydroxyl groups is 1.